The van der Waals surface area contributed by atoms with E-state index in [1.54, 1.807) is 18.2 Å². The number of pyridine rings is 1. The highest BCUT2D eigenvalue weighted by Crippen LogP contribution is 2.34. The van der Waals surface area contributed by atoms with Crippen molar-refractivity contribution in [2.24, 2.45) is 0 Å². The molecule has 0 spiro atoms. The van der Waals surface area contributed by atoms with Crippen molar-refractivity contribution >= 4 is 42.8 Å². The van der Waals surface area contributed by atoms with Gasteiger partial charge in [0.05, 0.1) is 9.25 Å². The van der Waals surface area contributed by atoms with E-state index in [2.05, 4.69) is 36.8 Å². The summed E-state index contributed by atoms with van der Waals surface area (Å²) in [4.78, 5) is 14.5. The van der Waals surface area contributed by atoms with Crippen LogP contribution in [0.25, 0.3) is 10.9 Å². The molecule has 0 aliphatic heterocycles. The van der Waals surface area contributed by atoms with Crippen molar-refractivity contribution < 1.29 is 9.84 Å². The van der Waals surface area contributed by atoms with Crippen LogP contribution < -0.4 is 10.3 Å². The molecule has 0 saturated heterocycles. The van der Waals surface area contributed by atoms with Gasteiger partial charge in [-0.3, -0.25) is 4.79 Å². The Balaban J connectivity index is 2.01. The van der Waals surface area contributed by atoms with Gasteiger partial charge in [-0.1, -0.05) is 68.3 Å². The molecular weight excluding hydrogens is 438 g/mol. The normalized spacial score (nSPS) is 12.5. The summed E-state index contributed by atoms with van der Waals surface area (Å²) in [5.74, 6) is 0.572. The highest BCUT2D eigenvalue weighted by Gasteiger charge is 2.19. The van der Waals surface area contributed by atoms with Gasteiger partial charge < -0.3 is 14.8 Å². The summed E-state index contributed by atoms with van der Waals surface area (Å²) in [6.07, 6.45) is -0.762. The number of nitrogens with one attached hydrogen (secondary N) is 1. The third-order valence-electron chi connectivity index (χ3n) is 3.69. The van der Waals surface area contributed by atoms with Crippen LogP contribution >= 0.6 is 31.9 Å². The Morgan fingerprint density at radius 1 is 1.04 bits per heavy atom. The van der Waals surface area contributed by atoms with E-state index in [1.165, 1.54) is 6.07 Å². The third kappa shape index (κ3) is 3.71. The maximum absolute atomic E-state index is 11.7. The molecule has 0 radical (unpaired) electrons. The first-order valence-corrected chi connectivity index (χ1v) is 9.18. The molecule has 24 heavy (non-hydrogen) atoms. The second-order valence-corrected chi connectivity index (χ2v) is 8.52. The summed E-state index contributed by atoms with van der Waals surface area (Å²) in [5.41, 5.74) is 2.10. The monoisotopic (exact) mass is 451 g/mol. The van der Waals surface area contributed by atoms with Crippen molar-refractivity contribution in [2.75, 3.05) is 0 Å². The van der Waals surface area contributed by atoms with Crippen LogP contribution in [0.5, 0.6) is 5.75 Å². The molecule has 1 aromatic heterocycles. The van der Waals surface area contributed by atoms with E-state index in [0.717, 1.165) is 10.9 Å². The smallest absolute Gasteiger partial charge is 0.248 e. The predicted molar refractivity (Wildman–Crippen MR) is 102 cm³/mol. The average Bonchev–Trinajstić information content (AvgIpc) is 2.59. The van der Waals surface area contributed by atoms with Crippen LogP contribution in [-0.2, 0) is 6.61 Å². The summed E-state index contributed by atoms with van der Waals surface area (Å²) in [5, 5.41) is 11.1. The number of ether oxygens (including phenoxy) is 1. The highest BCUT2D eigenvalue weighted by molar-refractivity contribution is 9.24. The minimum Gasteiger partial charge on any atom is -0.487 e. The first-order chi connectivity index (χ1) is 11.6. The lowest BCUT2D eigenvalue weighted by molar-refractivity contribution is 0.200. The highest BCUT2D eigenvalue weighted by atomic mass is 79.9. The molecule has 2 N–H and O–H groups in total. The van der Waals surface area contributed by atoms with Gasteiger partial charge >= 0.3 is 0 Å². The van der Waals surface area contributed by atoms with E-state index in [1.807, 2.05) is 30.3 Å². The molecule has 124 valence electrons. The molecule has 6 heteroatoms. The minimum absolute atomic E-state index is 0.215. The Bertz CT molecular complexity index is 894. The van der Waals surface area contributed by atoms with Gasteiger partial charge in [0.15, 0.2) is 0 Å². The molecule has 3 rings (SSSR count). The number of aromatic nitrogens is 1. The van der Waals surface area contributed by atoms with Gasteiger partial charge in [-0.05, 0) is 23.3 Å². The number of hydrogen-bond donors (Lipinski definition) is 2. The molecule has 3 aromatic rings. The van der Waals surface area contributed by atoms with Crippen molar-refractivity contribution in [3.8, 4) is 5.75 Å². The van der Waals surface area contributed by atoms with Crippen molar-refractivity contribution in [2.45, 2.75) is 16.4 Å². The summed E-state index contributed by atoms with van der Waals surface area (Å²) in [6.45, 7) is 0.397. The number of aliphatic hydroxyl groups excluding tert-OH is 1. The Morgan fingerprint density at radius 3 is 2.50 bits per heavy atom. The van der Waals surface area contributed by atoms with E-state index in [4.69, 9.17) is 4.74 Å². The zero-order valence-corrected chi connectivity index (χ0v) is 15.7. The Kier molecular flexibility index (Phi) is 5.38. The molecule has 2 aromatic carbocycles. The van der Waals surface area contributed by atoms with Gasteiger partial charge in [0.25, 0.3) is 0 Å². The Morgan fingerprint density at radius 2 is 1.79 bits per heavy atom. The van der Waals surface area contributed by atoms with Crippen LogP contribution in [-0.4, -0.2) is 13.8 Å². The Labute approximate surface area is 155 Å². The van der Waals surface area contributed by atoms with Gasteiger partial charge in [-0.2, -0.15) is 0 Å². The predicted octanol–water partition coefficient (Wildman–Crippen LogP) is 4.26. The largest absolute Gasteiger partial charge is 0.487 e. The second kappa shape index (κ2) is 7.51. The van der Waals surface area contributed by atoms with Crippen LogP contribution in [0.2, 0.25) is 0 Å². The van der Waals surface area contributed by atoms with E-state index >= 15 is 0 Å². The van der Waals surface area contributed by atoms with Crippen LogP contribution in [0.4, 0.5) is 0 Å². The van der Waals surface area contributed by atoms with Crippen molar-refractivity contribution in [1.29, 1.82) is 0 Å². The van der Waals surface area contributed by atoms with Crippen LogP contribution in [0.15, 0.2) is 59.4 Å². The maximum Gasteiger partial charge on any atom is 0.248 e. The summed E-state index contributed by atoms with van der Waals surface area (Å²) in [7, 11) is 0. The minimum atomic E-state index is -0.762. The molecule has 1 heterocycles. The number of aromatic amines is 1. The number of fused-ring (bicyclic) bond motifs is 1. The average molecular weight is 453 g/mol. The molecular formula is C18H15Br2NO3. The third-order valence-corrected chi connectivity index (χ3v) is 4.69. The molecule has 0 unspecified atom stereocenters. The Hall–Kier alpha value is -1.63. The fourth-order valence-corrected chi connectivity index (χ4v) is 3.07. The van der Waals surface area contributed by atoms with Crippen LogP contribution in [0, 0.1) is 0 Å². The standard InChI is InChI=1S/C18H15Br2NO3/c19-18(20)17(23)13-6-8-14(16-12(13)7-9-15(22)21-16)24-10-11-4-2-1-3-5-11/h1-9,17-18,23H,10H2,(H,21,22)/t17-/m1/s1. The van der Waals surface area contributed by atoms with E-state index < -0.39 is 6.10 Å². The van der Waals surface area contributed by atoms with Crippen molar-refractivity contribution in [1.82, 2.24) is 4.98 Å². The molecule has 4 nitrogen and oxygen atoms in total. The number of aliphatic hydroxyl groups is 1. The van der Waals surface area contributed by atoms with E-state index in [-0.39, 0.29) is 9.30 Å². The van der Waals surface area contributed by atoms with Gasteiger partial charge in [0, 0.05) is 11.5 Å². The zero-order valence-electron chi connectivity index (χ0n) is 12.6. The van der Waals surface area contributed by atoms with Crippen molar-refractivity contribution in [3.63, 3.8) is 0 Å². The molecule has 0 aliphatic carbocycles. The number of halogens is 2. The number of benzene rings is 2. The first-order valence-electron chi connectivity index (χ1n) is 7.35. The fourth-order valence-electron chi connectivity index (χ4n) is 2.50. The molecule has 0 amide bonds. The first kappa shape index (κ1) is 17.2. The topological polar surface area (TPSA) is 62.3 Å². The zero-order chi connectivity index (χ0) is 17.1. The van der Waals surface area contributed by atoms with Crippen LogP contribution in [0.1, 0.15) is 17.2 Å². The van der Waals surface area contributed by atoms with E-state index in [0.29, 0.717) is 23.4 Å². The quantitative estimate of drug-likeness (QED) is 0.568. The number of alkyl halides is 2. The number of rotatable bonds is 5. The van der Waals surface area contributed by atoms with Gasteiger partial charge in [0.2, 0.25) is 5.56 Å². The number of H-pyrrole nitrogens is 1. The van der Waals surface area contributed by atoms with Crippen LogP contribution in [0.3, 0.4) is 0 Å². The lowest BCUT2D eigenvalue weighted by atomic mass is 10.0. The van der Waals surface area contributed by atoms with Crippen molar-refractivity contribution in [3.05, 3.63) is 76.1 Å². The van der Waals surface area contributed by atoms with E-state index in [9.17, 15) is 9.90 Å². The van der Waals surface area contributed by atoms with Gasteiger partial charge in [-0.15, -0.1) is 0 Å². The fraction of sp³-hybridized carbons (Fsp3) is 0.167. The summed E-state index contributed by atoms with van der Waals surface area (Å²) < 4.78 is 5.59. The molecule has 0 fully saturated rings. The number of hydrogen-bond acceptors (Lipinski definition) is 3. The SMILES string of the molecule is O=c1ccc2c([C@@H](O)C(Br)Br)ccc(OCc3ccccc3)c2[nH]1. The second-order valence-electron chi connectivity index (χ2n) is 5.32. The summed E-state index contributed by atoms with van der Waals surface area (Å²) in [6, 6.07) is 16.5. The lowest BCUT2D eigenvalue weighted by Crippen LogP contribution is -2.10. The van der Waals surface area contributed by atoms with Gasteiger partial charge in [-0.25, -0.2) is 0 Å². The maximum atomic E-state index is 11.7. The molecule has 0 saturated carbocycles. The molecule has 0 aliphatic rings. The molecule has 1 atom stereocenters. The lowest BCUT2D eigenvalue weighted by Gasteiger charge is -2.17. The van der Waals surface area contributed by atoms with Gasteiger partial charge in [0.1, 0.15) is 18.5 Å². The molecule has 0 bridgehead atoms. The summed E-state index contributed by atoms with van der Waals surface area (Å²) >= 11 is 6.64.